The van der Waals surface area contributed by atoms with Gasteiger partial charge in [-0.05, 0) is 36.8 Å². The second kappa shape index (κ2) is 7.38. The van der Waals surface area contributed by atoms with Crippen molar-refractivity contribution in [3.05, 3.63) is 64.4 Å². The van der Waals surface area contributed by atoms with E-state index in [0.717, 1.165) is 10.5 Å². The van der Waals surface area contributed by atoms with Crippen molar-refractivity contribution in [2.45, 2.75) is 13.5 Å². The van der Waals surface area contributed by atoms with E-state index in [0.29, 0.717) is 29.4 Å². The average Bonchev–Trinajstić information content (AvgIpc) is 2.45. The Morgan fingerprint density at radius 3 is 2.55 bits per heavy atom. The van der Waals surface area contributed by atoms with Crippen LogP contribution in [0.4, 0.5) is 10.1 Å². The highest BCUT2D eigenvalue weighted by atomic mass is 35.5. The summed E-state index contributed by atoms with van der Waals surface area (Å²) in [4.78, 5) is 13.0. The van der Waals surface area contributed by atoms with Gasteiger partial charge in [-0.2, -0.15) is 0 Å². The second-order valence-corrected chi connectivity index (χ2v) is 5.89. The highest BCUT2D eigenvalue weighted by Crippen LogP contribution is 2.13. The highest BCUT2D eigenvalue weighted by Gasteiger charge is 2.11. The molecule has 2 aromatic rings. The zero-order valence-corrected chi connectivity index (χ0v) is 13.4. The van der Waals surface area contributed by atoms with Crippen LogP contribution in [0.25, 0.3) is 0 Å². The lowest BCUT2D eigenvalue weighted by Gasteiger charge is -2.14. The molecule has 0 bridgehead atoms. The van der Waals surface area contributed by atoms with Gasteiger partial charge in [0.2, 0.25) is 0 Å². The first-order valence-corrected chi connectivity index (χ1v) is 7.43. The van der Waals surface area contributed by atoms with E-state index in [9.17, 15) is 9.18 Å². The van der Waals surface area contributed by atoms with E-state index < -0.39 is 0 Å². The number of amides is 1. The lowest BCUT2D eigenvalue weighted by Crippen LogP contribution is -3.08. The Morgan fingerprint density at radius 1 is 1.23 bits per heavy atom. The van der Waals surface area contributed by atoms with Crippen molar-refractivity contribution in [1.82, 2.24) is 0 Å². The van der Waals surface area contributed by atoms with E-state index >= 15 is 0 Å². The van der Waals surface area contributed by atoms with Crippen molar-refractivity contribution in [3.8, 4) is 0 Å². The molecule has 0 fully saturated rings. The fourth-order valence-corrected chi connectivity index (χ4v) is 2.29. The summed E-state index contributed by atoms with van der Waals surface area (Å²) < 4.78 is 13.4. The SMILES string of the molecule is Cc1ccc(NC(=O)C[NH+](C)Cc2ccc(Cl)cc2)cc1F. The van der Waals surface area contributed by atoms with Gasteiger partial charge in [-0.3, -0.25) is 4.79 Å². The molecule has 0 spiro atoms. The number of rotatable bonds is 5. The molecule has 5 heteroatoms. The van der Waals surface area contributed by atoms with E-state index in [1.807, 2.05) is 31.3 Å². The van der Waals surface area contributed by atoms with Crippen LogP contribution in [-0.2, 0) is 11.3 Å². The molecule has 0 aliphatic rings. The molecular formula is C17H19ClFN2O+. The summed E-state index contributed by atoms with van der Waals surface area (Å²) >= 11 is 5.85. The van der Waals surface area contributed by atoms with Crippen LogP contribution >= 0.6 is 11.6 Å². The van der Waals surface area contributed by atoms with Gasteiger partial charge in [-0.15, -0.1) is 0 Å². The van der Waals surface area contributed by atoms with Crippen LogP contribution < -0.4 is 10.2 Å². The number of halogens is 2. The Balaban J connectivity index is 1.88. The van der Waals surface area contributed by atoms with Crippen molar-refractivity contribution < 1.29 is 14.1 Å². The van der Waals surface area contributed by atoms with E-state index in [-0.39, 0.29) is 11.7 Å². The van der Waals surface area contributed by atoms with Gasteiger partial charge >= 0.3 is 0 Å². The number of likely N-dealkylation sites (N-methyl/N-ethyl adjacent to an activating group) is 1. The van der Waals surface area contributed by atoms with Crippen LogP contribution in [0, 0.1) is 12.7 Å². The standard InChI is InChI=1S/C17H18ClFN2O/c1-12-3-8-15(9-16(12)19)20-17(22)11-21(2)10-13-4-6-14(18)7-5-13/h3-9H,10-11H2,1-2H3,(H,20,22)/p+1. The molecular weight excluding hydrogens is 303 g/mol. The fraction of sp³-hybridized carbons (Fsp3) is 0.235. The molecule has 0 radical (unpaired) electrons. The maximum Gasteiger partial charge on any atom is 0.279 e. The molecule has 2 N–H and O–H groups in total. The smallest absolute Gasteiger partial charge is 0.279 e. The number of hydrogen-bond acceptors (Lipinski definition) is 1. The van der Waals surface area contributed by atoms with Crippen molar-refractivity contribution in [1.29, 1.82) is 0 Å². The van der Waals surface area contributed by atoms with Crippen LogP contribution in [0.5, 0.6) is 0 Å². The molecule has 3 nitrogen and oxygen atoms in total. The van der Waals surface area contributed by atoms with E-state index in [2.05, 4.69) is 5.32 Å². The zero-order valence-electron chi connectivity index (χ0n) is 12.6. The largest absolute Gasteiger partial charge is 0.326 e. The number of anilines is 1. The van der Waals surface area contributed by atoms with Crippen LogP contribution in [0.15, 0.2) is 42.5 Å². The second-order valence-electron chi connectivity index (χ2n) is 5.45. The van der Waals surface area contributed by atoms with Gasteiger partial charge in [-0.1, -0.05) is 29.8 Å². The lowest BCUT2D eigenvalue weighted by molar-refractivity contribution is -0.885. The van der Waals surface area contributed by atoms with Crippen LogP contribution in [0.3, 0.4) is 0 Å². The van der Waals surface area contributed by atoms with E-state index in [1.165, 1.54) is 6.07 Å². The van der Waals surface area contributed by atoms with Gasteiger partial charge in [-0.25, -0.2) is 4.39 Å². The number of carbonyl (C=O) groups excluding carboxylic acids is 1. The molecule has 0 aliphatic carbocycles. The summed E-state index contributed by atoms with van der Waals surface area (Å²) in [6.07, 6.45) is 0. The molecule has 0 heterocycles. The molecule has 116 valence electrons. The van der Waals surface area contributed by atoms with Gasteiger partial charge in [0.25, 0.3) is 5.91 Å². The van der Waals surface area contributed by atoms with Crippen molar-refractivity contribution in [2.24, 2.45) is 0 Å². The van der Waals surface area contributed by atoms with E-state index in [4.69, 9.17) is 11.6 Å². The Labute approximate surface area is 134 Å². The number of benzene rings is 2. The third-order valence-corrected chi connectivity index (χ3v) is 3.59. The Kier molecular flexibility index (Phi) is 5.52. The first-order chi connectivity index (χ1) is 10.4. The maximum absolute atomic E-state index is 13.4. The third kappa shape index (κ3) is 4.83. The molecule has 22 heavy (non-hydrogen) atoms. The van der Waals surface area contributed by atoms with Crippen LogP contribution in [0.2, 0.25) is 5.02 Å². The molecule has 1 atom stereocenters. The molecule has 2 aromatic carbocycles. The van der Waals surface area contributed by atoms with Gasteiger partial charge < -0.3 is 10.2 Å². The first kappa shape index (κ1) is 16.5. The topological polar surface area (TPSA) is 33.5 Å². The number of hydrogen-bond donors (Lipinski definition) is 2. The number of carbonyl (C=O) groups is 1. The highest BCUT2D eigenvalue weighted by molar-refractivity contribution is 6.30. The molecule has 2 rings (SSSR count). The van der Waals surface area contributed by atoms with Crippen molar-refractivity contribution >= 4 is 23.2 Å². The summed E-state index contributed by atoms with van der Waals surface area (Å²) in [5.74, 6) is -0.464. The first-order valence-electron chi connectivity index (χ1n) is 7.06. The van der Waals surface area contributed by atoms with Crippen LogP contribution in [-0.4, -0.2) is 19.5 Å². The van der Waals surface area contributed by atoms with Gasteiger partial charge in [0.1, 0.15) is 12.4 Å². The Hall–Kier alpha value is -1.91. The predicted molar refractivity (Wildman–Crippen MR) is 86.7 cm³/mol. The van der Waals surface area contributed by atoms with Gasteiger partial charge in [0, 0.05) is 16.3 Å². The normalized spacial score (nSPS) is 12.0. The zero-order chi connectivity index (χ0) is 16.1. The van der Waals surface area contributed by atoms with Crippen LogP contribution in [0.1, 0.15) is 11.1 Å². The van der Waals surface area contributed by atoms with Crippen molar-refractivity contribution in [2.75, 3.05) is 18.9 Å². The summed E-state index contributed by atoms with van der Waals surface area (Å²) in [7, 11) is 1.93. The minimum atomic E-state index is -0.320. The minimum Gasteiger partial charge on any atom is -0.326 e. The molecule has 0 saturated heterocycles. The van der Waals surface area contributed by atoms with Gasteiger partial charge in [0.05, 0.1) is 7.05 Å². The lowest BCUT2D eigenvalue weighted by atomic mass is 10.2. The average molecular weight is 322 g/mol. The minimum absolute atomic E-state index is 0.144. The van der Waals surface area contributed by atoms with E-state index in [1.54, 1.807) is 19.1 Å². The summed E-state index contributed by atoms with van der Waals surface area (Å²) in [6, 6.07) is 12.2. The molecule has 0 saturated carbocycles. The molecule has 0 aliphatic heterocycles. The maximum atomic E-state index is 13.4. The molecule has 1 amide bonds. The molecule has 1 unspecified atom stereocenters. The molecule has 0 aromatic heterocycles. The van der Waals surface area contributed by atoms with Gasteiger partial charge in [0.15, 0.2) is 6.54 Å². The Bertz CT molecular complexity index is 658. The number of quaternary nitrogens is 1. The summed E-state index contributed by atoms with van der Waals surface area (Å²) in [6.45, 7) is 2.70. The Morgan fingerprint density at radius 2 is 1.91 bits per heavy atom. The quantitative estimate of drug-likeness (QED) is 0.871. The number of aryl methyl sites for hydroxylation is 1. The van der Waals surface area contributed by atoms with Crippen molar-refractivity contribution in [3.63, 3.8) is 0 Å². The monoisotopic (exact) mass is 321 g/mol. The predicted octanol–water partition coefficient (Wildman–Crippen LogP) is 2.44. The number of nitrogens with one attached hydrogen (secondary N) is 2. The fourth-order valence-electron chi connectivity index (χ4n) is 2.16. The third-order valence-electron chi connectivity index (χ3n) is 3.34. The summed E-state index contributed by atoms with van der Waals surface area (Å²) in [5, 5.41) is 3.41. The summed E-state index contributed by atoms with van der Waals surface area (Å²) in [5.41, 5.74) is 2.15.